The first kappa shape index (κ1) is 19.3. The zero-order valence-electron chi connectivity index (χ0n) is 16.1. The van der Waals surface area contributed by atoms with Crippen molar-refractivity contribution >= 4 is 17.5 Å². The molecule has 2 aliphatic heterocycles. The second-order valence-corrected chi connectivity index (χ2v) is 7.56. The molecular formula is C23H23FN2O3. The van der Waals surface area contributed by atoms with Gasteiger partial charge in [-0.1, -0.05) is 36.9 Å². The average molecular weight is 394 g/mol. The standard InChI is InChI=1S/C23H23FN2O3/c1-16-19-4-2-3-5-20(19)22(28)26(16)14-21(27)25-15-23(10-12-29-13-11-23)17-6-8-18(24)9-7-17/h2-9H,1,10-15H2,(H,25,27). The summed E-state index contributed by atoms with van der Waals surface area (Å²) < 4.78 is 18.9. The van der Waals surface area contributed by atoms with E-state index in [1.165, 1.54) is 17.0 Å². The highest BCUT2D eigenvalue weighted by Crippen LogP contribution is 2.35. The van der Waals surface area contributed by atoms with Crippen molar-refractivity contribution in [2.45, 2.75) is 18.3 Å². The Morgan fingerprint density at radius 1 is 1.10 bits per heavy atom. The van der Waals surface area contributed by atoms with Gasteiger partial charge in [0.2, 0.25) is 5.91 Å². The van der Waals surface area contributed by atoms with E-state index in [4.69, 9.17) is 4.74 Å². The first-order valence-corrected chi connectivity index (χ1v) is 9.71. The minimum Gasteiger partial charge on any atom is -0.381 e. The zero-order chi connectivity index (χ0) is 20.4. The van der Waals surface area contributed by atoms with E-state index in [-0.39, 0.29) is 29.6 Å². The lowest BCUT2D eigenvalue weighted by Gasteiger charge is -2.38. The van der Waals surface area contributed by atoms with Crippen LogP contribution in [-0.4, -0.2) is 43.0 Å². The molecule has 1 fully saturated rings. The lowest BCUT2D eigenvalue weighted by atomic mass is 9.74. The smallest absolute Gasteiger partial charge is 0.259 e. The van der Waals surface area contributed by atoms with Crippen LogP contribution in [0.25, 0.3) is 5.70 Å². The van der Waals surface area contributed by atoms with Gasteiger partial charge in [0, 0.05) is 42.0 Å². The van der Waals surface area contributed by atoms with Gasteiger partial charge in [0.1, 0.15) is 12.4 Å². The van der Waals surface area contributed by atoms with Crippen LogP contribution in [-0.2, 0) is 14.9 Å². The maximum atomic E-state index is 13.4. The molecule has 6 heteroatoms. The number of ether oxygens (including phenoxy) is 1. The Kier molecular flexibility index (Phi) is 5.20. The summed E-state index contributed by atoms with van der Waals surface area (Å²) in [6.07, 6.45) is 1.47. The highest BCUT2D eigenvalue weighted by Gasteiger charge is 2.36. The summed E-state index contributed by atoms with van der Waals surface area (Å²) in [6, 6.07) is 13.6. The molecule has 1 saturated heterocycles. The maximum Gasteiger partial charge on any atom is 0.259 e. The van der Waals surface area contributed by atoms with Gasteiger partial charge in [-0.15, -0.1) is 0 Å². The van der Waals surface area contributed by atoms with Crippen molar-refractivity contribution < 1.29 is 18.7 Å². The monoisotopic (exact) mass is 394 g/mol. The van der Waals surface area contributed by atoms with E-state index in [1.807, 2.05) is 12.1 Å². The summed E-state index contributed by atoms with van der Waals surface area (Å²) in [7, 11) is 0. The molecule has 150 valence electrons. The molecule has 0 aliphatic carbocycles. The summed E-state index contributed by atoms with van der Waals surface area (Å²) in [5.74, 6) is -0.744. The third-order valence-corrected chi connectivity index (χ3v) is 5.87. The maximum absolute atomic E-state index is 13.4. The number of carbonyl (C=O) groups is 2. The second-order valence-electron chi connectivity index (χ2n) is 7.56. The van der Waals surface area contributed by atoms with Crippen molar-refractivity contribution in [3.8, 4) is 0 Å². The summed E-state index contributed by atoms with van der Waals surface area (Å²) in [4.78, 5) is 26.7. The van der Waals surface area contributed by atoms with Crippen molar-refractivity contribution in [2.75, 3.05) is 26.3 Å². The molecule has 0 atom stereocenters. The molecule has 5 nitrogen and oxygen atoms in total. The number of hydrogen-bond donors (Lipinski definition) is 1. The van der Waals surface area contributed by atoms with E-state index < -0.39 is 0 Å². The van der Waals surface area contributed by atoms with Crippen LogP contribution in [0, 0.1) is 5.82 Å². The molecule has 0 saturated carbocycles. The van der Waals surface area contributed by atoms with Crippen LogP contribution in [0.4, 0.5) is 4.39 Å². The summed E-state index contributed by atoms with van der Waals surface area (Å²) in [5, 5.41) is 2.98. The van der Waals surface area contributed by atoms with E-state index >= 15 is 0 Å². The Morgan fingerprint density at radius 2 is 1.76 bits per heavy atom. The lowest BCUT2D eigenvalue weighted by molar-refractivity contribution is -0.121. The minimum atomic E-state index is -0.309. The average Bonchev–Trinajstić information content (AvgIpc) is 2.98. The van der Waals surface area contributed by atoms with Crippen molar-refractivity contribution in [2.24, 2.45) is 0 Å². The van der Waals surface area contributed by atoms with Crippen molar-refractivity contribution in [3.63, 3.8) is 0 Å². The molecular weight excluding hydrogens is 371 g/mol. The molecule has 0 spiro atoms. The molecule has 2 aromatic carbocycles. The third kappa shape index (κ3) is 3.68. The van der Waals surface area contributed by atoms with Crippen LogP contribution in [0.3, 0.4) is 0 Å². The molecule has 4 rings (SSSR count). The summed E-state index contributed by atoms with van der Waals surface area (Å²) >= 11 is 0. The predicted octanol–water partition coefficient (Wildman–Crippen LogP) is 3.12. The first-order chi connectivity index (χ1) is 14.0. The Labute approximate surface area is 169 Å². The fourth-order valence-corrected chi connectivity index (χ4v) is 4.10. The van der Waals surface area contributed by atoms with Crippen LogP contribution in [0.5, 0.6) is 0 Å². The fourth-order valence-electron chi connectivity index (χ4n) is 4.10. The van der Waals surface area contributed by atoms with E-state index in [0.717, 1.165) is 24.0 Å². The second kappa shape index (κ2) is 7.79. The number of nitrogens with one attached hydrogen (secondary N) is 1. The SMILES string of the molecule is C=C1c2ccccc2C(=O)N1CC(=O)NCC1(c2ccc(F)cc2)CCOCC1. The number of halogens is 1. The van der Waals surface area contributed by atoms with Gasteiger partial charge in [-0.05, 0) is 36.6 Å². The molecule has 0 radical (unpaired) electrons. The quantitative estimate of drug-likeness (QED) is 0.848. The molecule has 0 unspecified atom stereocenters. The van der Waals surface area contributed by atoms with Gasteiger partial charge in [-0.2, -0.15) is 0 Å². The molecule has 0 aromatic heterocycles. The number of carbonyl (C=O) groups excluding carboxylic acids is 2. The third-order valence-electron chi connectivity index (χ3n) is 5.87. The van der Waals surface area contributed by atoms with E-state index in [1.54, 1.807) is 24.3 Å². The molecule has 2 heterocycles. The largest absolute Gasteiger partial charge is 0.381 e. The highest BCUT2D eigenvalue weighted by atomic mass is 19.1. The molecule has 2 aliphatic rings. The van der Waals surface area contributed by atoms with Crippen LogP contribution < -0.4 is 5.32 Å². The van der Waals surface area contributed by atoms with Gasteiger partial charge in [0.25, 0.3) is 5.91 Å². The van der Waals surface area contributed by atoms with Gasteiger partial charge in [0.05, 0.1) is 0 Å². The topological polar surface area (TPSA) is 58.6 Å². The number of hydrogen-bond acceptors (Lipinski definition) is 3. The number of fused-ring (bicyclic) bond motifs is 1. The Balaban J connectivity index is 1.45. The molecule has 2 aromatic rings. The van der Waals surface area contributed by atoms with Gasteiger partial charge >= 0.3 is 0 Å². The van der Waals surface area contributed by atoms with Gasteiger partial charge < -0.3 is 10.1 Å². The van der Waals surface area contributed by atoms with Crippen LogP contribution in [0.15, 0.2) is 55.1 Å². The Hall–Kier alpha value is -2.99. The van der Waals surface area contributed by atoms with Crippen molar-refractivity contribution in [1.29, 1.82) is 0 Å². The van der Waals surface area contributed by atoms with Gasteiger partial charge in [0.15, 0.2) is 0 Å². The Morgan fingerprint density at radius 3 is 2.41 bits per heavy atom. The van der Waals surface area contributed by atoms with Crippen molar-refractivity contribution in [1.82, 2.24) is 10.2 Å². The number of amides is 2. The first-order valence-electron chi connectivity index (χ1n) is 9.71. The van der Waals surface area contributed by atoms with Crippen LogP contribution in [0.1, 0.15) is 34.3 Å². The lowest BCUT2D eigenvalue weighted by Crippen LogP contribution is -2.47. The number of benzene rings is 2. The minimum absolute atomic E-state index is 0.0810. The number of rotatable bonds is 5. The van der Waals surface area contributed by atoms with Crippen LogP contribution >= 0.6 is 0 Å². The molecule has 1 N–H and O–H groups in total. The molecule has 2 amide bonds. The van der Waals surface area contributed by atoms with Gasteiger partial charge in [-0.3, -0.25) is 14.5 Å². The van der Waals surface area contributed by atoms with Crippen molar-refractivity contribution in [3.05, 3.63) is 77.6 Å². The van der Waals surface area contributed by atoms with E-state index in [9.17, 15) is 14.0 Å². The van der Waals surface area contributed by atoms with E-state index in [2.05, 4.69) is 11.9 Å². The summed E-state index contributed by atoms with van der Waals surface area (Å²) in [5.41, 5.74) is 2.54. The van der Waals surface area contributed by atoms with Crippen LogP contribution in [0.2, 0.25) is 0 Å². The predicted molar refractivity (Wildman–Crippen MR) is 108 cm³/mol. The normalized spacial score (nSPS) is 17.9. The van der Waals surface area contributed by atoms with E-state index in [0.29, 0.717) is 31.0 Å². The van der Waals surface area contributed by atoms with Gasteiger partial charge in [-0.25, -0.2) is 4.39 Å². The molecule has 0 bridgehead atoms. The molecule has 29 heavy (non-hydrogen) atoms. The summed E-state index contributed by atoms with van der Waals surface area (Å²) in [6.45, 7) is 5.47. The zero-order valence-corrected chi connectivity index (χ0v) is 16.1. The Bertz CT molecular complexity index is 914. The highest BCUT2D eigenvalue weighted by molar-refractivity contribution is 6.10. The fraction of sp³-hybridized carbons (Fsp3) is 0.304. The number of nitrogens with zero attached hydrogens (tertiary/aromatic N) is 1.